The van der Waals surface area contributed by atoms with Crippen LogP contribution in [-0.2, 0) is 18.2 Å². The van der Waals surface area contributed by atoms with E-state index in [1.807, 2.05) is 0 Å². The van der Waals surface area contributed by atoms with Gasteiger partial charge in [-0.25, -0.2) is 9.78 Å². The molecule has 0 aliphatic carbocycles. The number of fused-ring (bicyclic) bond motifs is 1. The van der Waals surface area contributed by atoms with Crippen molar-refractivity contribution >= 4 is 40.1 Å². The van der Waals surface area contributed by atoms with Crippen molar-refractivity contribution in [2.75, 3.05) is 6.61 Å². The third-order valence-corrected chi connectivity index (χ3v) is 5.21. The number of alkyl halides is 3. The maximum Gasteiger partial charge on any atom is 0.573 e. The zero-order valence-corrected chi connectivity index (χ0v) is 17.7. The van der Waals surface area contributed by atoms with Crippen LogP contribution in [0.3, 0.4) is 0 Å². The monoisotopic (exact) mass is 460 g/mol. The number of aryl methyl sites for hydroxylation is 2. The Morgan fingerprint density at radius 3 is 2.60 bits per heavy atom. The molecule has 0 radical (unpaired) electrons. The van der Waals surface area contributed by atoms with E-state index in [0.29, 0.717) is 16.6 Å². The lowest BCUT2D eigenvalue weighted by molar-refractivity contribution is -0.274. The fourth-order valence-corrected chi connectivity index (χ4v) is 3.88. The molecule has 0 saturated carbocycles. The molecule has 2 heterocycles. The Bertz CT molecular complexity index is 1130. The Morgan fingerprint density at radius 2 is 1.97 bits per heavy atom. The highest BCUT2D eigenvalue weighted by molar-refractivity contribution is 6.37. The number of esters is 1. The molecule has 0 aliphatic heterocycles. The molecule has 1 aromatic carbocycles. The van der Waals surface area contributed by atoms with E-state index in [4.69, 9.17) is 27.9 Å². The lowest BCUT2D eigenvalue weighted by Gasteiger charge is -2.12. The molecular formula is C20H17Cl2F3N2O3. The van der Waals surface area contributed by atoms with Crippen LogP contribution in [0.2, 0.25) is 10.0 Å². The molecule has 0 spiro atoms. The van der Waals surface area contributed by atoms with Crippen LogP contribution in [0.5, 0.6) is 5.75 Å². The third kappa shape index (κ3) is 4.49. The number of rotatable bonds is 5. The predicted molar refractivity (Wildman–Crippen MR) is 107 cm³/mol. The minimum atomic E-state index is -4.78. The van der Waals surface area contributed by atoms with Gasteiger partial charge in [0, 0.05) is 37.3 Å². The van der Waals surface area contributed by atoms with Crippen LogP contribution in [0.25, 0.3) is 10.9 Å². The molecule has 160 valence electrons. The molecule has 0 amide bonds. The molecule has 3 aromatic rings. The lowest BCUT2D eigenvalue weighted by atomic mass is 10.0. The first-order valence-corrected chi connectivity index (χ1v) is 9.61. The summed E-state index contributed by atoms with van der Waals surface area (Å²) in [5.41, 5.74) is 2.34. The summed E-state index contributed by atoms with van der Waals surface area (Å²) >= 11 is 12.7. The second-order valence-corrected chi connectivity index (χ2v) is 7.38. The average Bonchev–Trinajstić information content (AvgIpc) is 2.93. The number of carbonyl (C=O) groups excluding carboxylic acids is 1. The molecule has 5 nitrogen and oxygen atoms in total. The van der Waals surface area contributed by atoms with E-state index in [2.05, 4.69) is 9.72 Å². The highest BCUT2D eigenvalue weighted by atomic mass is 35.5. The van der Waals surface area contributed by atoms with Crippen LogP contribution in [0, 0.1) is 6.92 Å². The van der Waals surface area contributed by atoms with Gasteiger partial charge in [-0.3, -0.25) is 0 Å². The Labute approximate surface area is 180 Å². The number of carbonyl (C=O) groups is 1. The number of hydrogen-bond acceptors (Lipinski definition) is 4. The van der Waals surface area contributed by atoms with Gasteiger partial charge < -0.3 is 14.0 Å². The highest BCUT2D eigenvalue weighted by Gasteiger charge is 2.31. The maximum absolute atomic E-state index is 12.6. The molecule has 0 fully saturated rings. The van der Waals surface area contributed by atoms with E-state index in [0.717, 1.165) is 10.9 Å². The Kier molecular flexibility index (Phi) is 6.19. The van der Waals surface area contributed by atoms with Gasteiger partial charge in [0.25, 0.3) is 0 Å². The molecule has 0 bridgehead atoms. The minimum Gasteiger partial charge on any atom is -0.461 e. The largest absolute Gasteiger partial charge is 0.573 e. The summed E-state index contributed by atoms with van der Waals surface area (Å²) in [6, 6.07) is 2.64. The average molecular weight is 461 g/mol. The lowest BCUT2D eigenvalue weighted by Crippen LogP contribution is -2.17. The van der Waals surface area contributed by atoms with Crippen molar-refractivity contribution < 1.29 is 27.4 Å². The van der Waals surface area contributed by atoms with Gasteiger partial charge in [-0.2, -0.15) is 0 Å². The summed E-state index contributed by atoms with van der Waals surface area (Å²) in [4.78, 5) is 16.0. The third-order valence-electron chi connectivity index (χ3n) is 4.48. The molecule has 3 rings (SSSR count). The van der Waals surface area contributed by atoms with E-state index < -0.39 is 12.3 Å². The van der Waals surface area contributed by atoms with Crippen molar-refractivity contribution in [3.63, 3.8) is 0 Å². The molecule has 10 heteroatoms. The number of nitrogens with zero attached hydrogens (tertiary/aromatic N) is 2. The van der Waals surface area contributed by atoms with Crippen LogP contribution in [0.15, 0.2) is 24.5 Å². The molecule has 30 heavy (non-hydrogen) atoms. The topological polar surface area (TPSA) is 53.3 Å². The molecule has 2 aromatic heterocycles. The number of pyridine rings is 1. The van der Waals surface area contributed by atoms with E-state index in [-0.39, 0.29) is 34.5 Å². The standard InChI is InChI=1S/C20H17Cl2F3N2O3/c1-4-29-19(28)18-17(22)13(14(21)8-26-18)6-11-9-27(3)15-7-12(30-20(23,24)25)5-10(2)16(11)15/h5,7-9H,4,6H2,1-3H3. The number of ether oxygens (including phenoxy) is 2. The number of aromatic nitrogens is 2. The van der Waals surface area contributed by atoms with Crippen molar-refractivity contribution in [3.05, 3.63) is 57.0 Å². The van der Waals surface area contributed by atoms with Gasteiger partial charge in [-0.15, -0.1) is 13.2 Å². The van der Waals surface area contributed by atoms with Gasteiger partial charge in [0.1, 0.15) is 5.75 Å². The van der Waals surface area contributed by atoms with E-state index in [1.165, 1.54) is 18.3 Å². The minimum absolute atomic E-state index is 0.0456. The van der Waals surface area contributed by atoms with Crippen molar-refractivity contribution in [2.45, 2.75) is 26.6 Å². The van der Waals surface area contributed by atoms with Gasteiger partial charge in [-0.1, -0.05) is 23.2 Å². The molecule has 0 unspecified atom stereocenters. The summed E-state index contributed by atoms with van der Waals surface area (Å²) in [5, 5.41) is 1.08. The Hall–Kier alpha value is -2.45. The summed E-state index contributed by atoms with van der Waals surface area (Å²) in [7, 11) is 1.71. The molecule has 0 aliphatic rings. The molecular weight excluding hydrogens is 444 g/mol. The smallest absolute Gasteiger partial charge is 0.461 e. The summed E-state index contributed by atoms with van der Waals surface area (Å²) in [6.45, 7) is 3.52. The van der Waals surface area contributed by atoms with Gasteiger partial charge >= 0.3 is 12.3 Å². The first-order chi connectivity index (χ1) is 14.0. The Morgan fingerprint density at radius 1 is 1.27 bits per heavy atom. The van der Waals surface area contributed by atoms with Crippen LogP contribution in [0.4, 0.5) is 13.2 Å². The van der Waals surface area contributed by atoms with E-state index in [9.17, 15) is 18.0 Å². The van der Waals surface area contributed by atoms with Crippen molar-refractivity contribution in [1.29, 1.82) is 0 Å². The molecule has 0 N–H and O–H groups in total. The van der Waals surface area contributed by atoms with Crippen molar-refractivity contribution in [3.8, 4) is 5.75 Å². The van der Waals surface area contributed by atoms with Gasteiger partial charge in [-0.05, 0) is 36.6 Å². The molecule has 0 atom stereocenters. The normalized spacial score (nSPS) is 11.7. The second kappa shape index (κ2) is 8.35. The zero-order valence-electron chi connectivity index (χ0n) is 16.2. The van der Waals surface area contributed by atoms with Gasteiger partial charge in [0.15, 0.2) is 5.69 Å². The first-order valence-electron chi connectivity index (χ1n) is 8.86. The van der Waals surface area contributed by atoms with Crippen LogP contribution >= 0.6 is 23.2 Å². The molecule has 0 saturated heterocycles. The van der Waals surface area contributed by atoms with Crippen LogP contribution in [-0.4, -0.2) is 28.5 Å². The van der Waals surface area contributed by atoms with Crippen molar-refractivity contribution in [2.24, 2.45) is 7.05 Å². The number of hydrogen-bond donors (Lipinski definition) is 0. The first kappa shape index (κ1) is 22.2. The SMILES string of the molecule is CCOC(=O)c1ncc(Cl)c(Cc2cn(C)c3cc(OC(F)(F)F)cc(C)c23)c1Cl. The fourth-order valence-electron chi connectivity index (χ4n) is 3.32. The summed E-state index contributed by atoms with van der Waals surface area (Å²) in [6.07, 6.45) is -1.45. The predicted octanol–water partition coefficient (Wildman–Crippen LogP) is 5.85. The quantitative estimate of drug-likeness (QED) is 0.447. The van der Waals surface area contributed by atoms with Crippen LogP contribution < -0.4 is 4.74 Å². The van der Waals surface area contributed by atoms with E-state index in [1.54, 1.807) is 31.7 Å². The van der Waals surface area contributed by atoms with Crippen molar-refractivity contribution in [1.82, 2.24) is 9.55 Å². The summed E-state index contributed by atoms with van der Waals surface area (Å²) < 4.78 is 48.5. The van der Waals surface area contributed by atoms with Gasteiger partial charge in [0.05, 0.1) is 22.2 Å². The Balaban J connectivity index is 2.07. The van der Waals surface area contributed by atoms with Gasteiger partial charge in [0.2, 0.25) is 0 Å². The fraction of sp³-hybridized carbons (Fsp3) is 0.300. The number of halogens is 5. The summed E-state index contributed by atoms with van der Waals surface area (Å²) in [5.74, 6) is -0.965. The number of benzene rings is 1. The maximum atomic E-state index is 12.6. The van der Waals surface area contributed by atoms with E-state index >= 15 is 0 Å². The highest BCUT2D eigenvalue weighted by Crippen LogP contribution is 2.35. The zero-order chi connectivity index (χ0) is 22.2. The van der Waals surface area contributed by atoms with Crippen LogP contribution in [0.1, 0.15) is 34.1 Å². The second-order valence-electron chi connectivity index (χ2n) is 6.59.